The van der Waals surface area contributed by atoms with Gasteiger partial charge in [-0.25, -0.2) is 0 Å². The van der Waals surface area contributed by atoms with E-state index in [0.717, 1.165) is 23.6 Å². The molecule has 1 heterocycles. The SMILES string of the molecule is CNC(Cc1ccccc1OC)c1cc(C)nnc1C. The molecule has 0 radical (unpaired) electrons. The quantitative estimate of drug-likeness (QED) is 0.908. The van der Waals surface area contributed by atoms with Crippen molar-refractivity contribution in [2.45, 2.75) is 26.3 Å². The summed E-state index contributed by atoms with van der Waals surface area (Å²) in [5.74, 6) is 0.921. The lowest BCUT2D eigenvalue weighted by atomic mass is 9.97. The minimum absolute atomic E-state index is 0.195. The van der Waals surface area contributed by atoms with Gasteiger partial charge in [0.25, 0.3) is 0 Å². The molecule has 0 aliphatic rings. The van der Waals surface area contributed by atoms with Crippen LogP contribution in [0, 0.1) is 13.8 Å². The summed E-state index contributed by atoms with van der Waals surface area (Å²) in [6.07, 6.45) is 0.854. The molecule has 4 nitrogen and oxygen atoms in total. The van der Waals surface area contributed by atoms with Gasteiger partial charge in [-0.15, -0.1) is 0 Å². The number of para-hydroxylation sites is 1. The highest BCUT2D eigenvalue weighted by Gasteiger charge is 2.16. The topological polar surface area (TPSA) is 47.0 Å². The van der Waals surface area contributed by atoms with Crippen LogP contribution in [0.2, 0.25) is 0 Å². The first-order chi connectivity index (χ1) is 9.65. The first kappa shape index (κ1) is 14.5. The number of hydrogen-bond donors (Lipinski definition) is 1. The zero-order valence-electron chi connectivity index (χ0n) is 12.5. The van der Waals surface area contributed by atoms with Crippen LogP contribution in [-0.4, -0.2) is 24.4 Å². The summed E-state index contributed by atoms with van der Waals surface area (Å²) >= 11 is 0. The number of benzene rings is 1. The van der Waals surface area contributed by atoms with E-state index in [-0.39, 0.29) is 6.04 Å². The zero-order valence-corrected chi connectivity index (χ0v) is 12.5. The Morgan fingerprint density at radius 1 is 1.20 bits per heavy atom. The molecule has 0 saturated heterocycles. The van der Waals surface area contributed by atoms with Crippen LogP contribution in [-0.2, 0) is 6.42 Å². The van der Waals surface area contributed by atoms with Crippen molar-refractivity contribution in [2.24, 2.45) is 0 Å². The van der Waals surface area contributed by atoms with Crippen LogP contribution in [0.5, 0.6) is 5.75 Å². The number of nitrogens with zero attached hydrogens (tertiary/aromatic N) is 2. The average molecular weight is 271 g/mol. The lowest BCUT2D eigenvalue weighted by molar-refractivity contribution is 0.406. The third kappa shape index (κ3) is 3.14. The molecule has 0 bridgehead atoms. The van der Waals surface area contributed by atoms with Gasteiger partial charge in [0, 0.05) is 6.04 Å². The van der Waals surface area contributed by atoms with Crippen molar-refractivity contribution in [2.75, 3.05) is 14.2 Å². The normalized spacial score (nSPS) is 12.2. The van der Waals surface area contributed by atoms with Gasteiger partial charge in [0.2, 0.25) is 0 Å². The van der Waals surface area contributed by atoms with Crippen LogP contribution >= 0.6 is 0 Å². The molecular weight excluding hydrogens is 250 g/mol. The second-order valence-corrected chi connectivity index (χ2v) is 4.88. The zero-order chi connectivity index (χ0) is 14.5. The largest absolute Gasteiger partial charge is 0.496 e. The third-order valence-corrected chi connectivity index (χ3v) is 3.48. The van der Waals surface area contributed by atoms with Gasteiger partial charge in [-0.3, -0.25) is 0 Å². The maximum absolute atomic E-state index is 5.42. The van der Waals surface area contributed by atoms with E-state index in [9.17, 15) is 0 Å². The number of aryl methyl sites for hydroxylation is 2. The van der Waals surface area contributed by atoms with Crippen LogP contribution < -0.4 is 10.1 Å². The van der Waals surface area contributed by atoms with Crippen molar-refractivity contribution >= 4 is 0 Å². The number of ether oxygens (including phenoxy) is 1. The van der Waals surface area contributed by atoms with Gasteiger partial charge in [-0.05, 0) is 50.6 Å². The Morgan fingerprint density at radius 3 is 2.65 bits per heavy atom. The lowest BCUT2D eigenvalue weighted by Crippen LogP contribution is -2.21. The number of aromatic nitrogens is 2. The fourth-order valence-corrected chi connectivity index (χ4v) is 2.38. The Bertz CT molecular complexity index is 584. The highest BCUT2D eigenvalue weighted by molar-refractivity contribution is 5.36. The summed E-state index contributed by atoms with van der Waals surface area (Å²) in [6, 6.07) is 10.4. The highest BCUT2D eigenvalue weighted by Crippen LogP contribution is 2.25. The Morgan fingerprint density at radius 2 is 1.95 bits per heavy atom. The standard InChI is InChI=1S/C16H21N3O/c1-11-9-14(12(2)19-18-11)15(17-3)10-13-7-5-6-8-16(13)20-4/h5-9,15,17H,10H2,1-4H3. The van der Waals surface area contributed by atoms with E-state index < -0.39 is 0 Å². The second kappa shape index (κ2) is 6.48. The molecule has 1 aromatic carbocycles. The molecule has 106 valence electrons. The monoisotopic (exact) mass is 271 g/mol. The lowest BCUT2D eigenvalue weighted by Gasteiger charge is -2.19. The molecule has 0 amide bonds. The summed E-state index contributed by atoms with van der Waals surface area (Å²) in [5.41, 5.74) is 4.27. The predicted octanol–water partition coefficient (Wildman–Crippen LogP) is 2.61. The van der Waals surface area contributed by atoms with Crippen molar-refractivity contribution < 1.29 is 4.74 Å². The molecule has 0 aliphatic carbocycles. The van der Waals surface area contributed by atoms with E-state index in [1.165, 1.54) is 11.1 Å². The predicted molar refractivity (Wildman–Crippen MR) is 80.0 cm³/mol. The first-order valence-electron chi connectivity index (χ1n) is 6.75. The molecule has 2 rings (SSSR count). The van der Waals surface area contributed by atoms with Crippen LogP contribution in [0.25, 0.3) is 0 Å². The number of rotatable bonds is 5. The molecule has 1 atom stereocenters. The second-order valence-electron chi connectivity index (χ2n) is 4.88. The Balaban J connectivity index is 2.31. The molecule has 20 heavy (non-hydrogen) atoms. The van der Waals surface area contributed by atoms with E-state index >= 15 is 0 Å². The van der Waals surface area contributed by atoms with Gasteiger partial charge in [-0.1, -0.05) is 18.2 Å². The molecule has 0 saturated carbocycles. The van der Waals surface area contributed by atoms with E-state index in [4.69, 9.17) is 4.74 Å². The summed E-state index contributed by atoms with van der Waals surface area (Å²) in [6.45, 7) is 3.96. The highest BCUT2D eigenvalue weighted by atomic mass is 16.5. The Labute approximate surface area is 120 Å². The molecule has 2 aromatic rings. The summed E-state index contributed by atoms with van der Waals surface area (Å²) in [4.78, 5) is 0. The minimum atomic E-state index is 0.195. The molecule has 0 fully saturated rings. The van der Waals surface area contributed by atoms with E-state index in [1.807, 2.05) is 39.1 Å². The van der Waals surface area contributed by atoms with Crippen LogP contribution in [0.3, 0.4) is 0 Å². The van der Waals surface area contributed by atoms with E-state index in [1.54, 1.807) is 7.11 Å². The Hall–Kier alpha value is -1.94. The van der Waals surface area contributed by atoms with Gasteiger partial charge in [0.1, 0.15) is 5.75 Å². The van der Waals surface area contributed by atoms with Gasteiger partial charge in [-0.2, -0.15) is 10.2 Å². The summed E-state index contributed by atoms with van der Waals surface area (Å²) < 4.78 is 5.42. The maximum atomic E-state index is 5.42. The minimum Gasteiger partial charge on any atom is -0.496 e. The van der Waals surface area contributed by atoms with E-state index in [2.05, 4.69) is 27.6 Å². The molecule has 1 N–H and O–H groups in total. The van der Waals surface area contributed by atoms with Crippen LogP contribution in [0.4, 0.5) is 0 Å². The Kier molecular flexibility index (Phi) is 4.69. The van der Waals surface area contributed by atoms with Crippen molar-refractivity contribution in [3.8, 4) is 5.75 Å². The van der Waals surface area contributed by atoms with Gasteiger partial charge in [0.15, 0.2) is 0 Å². The average Bonchev–Trinajstić information content (AvgIpc) is 2.48. The smallest absolute Gasteiger partial charge is 0.122 e. The number of methoxy groups -OCH3 is 1. The summed E-state index contributed by atoms with van der Waals surface area (Å²) in [7, 11) is 3.67. The van der Waals surface area contributed by atoms with Crippen molar-refractivity contribution in [1.29, 1.82) is 0 Å². The molecule has 0 spiro atoms. The molecule has 4 heteroatoms. The third-order valence-electron chi connectivity index (χ3n) is 3.48. The van der Waals surface area contributed by atoms with Crippen LogP contribution in [0.15, 0.2) is 30.3 Å². The number of likely N-dealkylation sites (N-methyl/N-ethyl adjacent to an activating group) is 1. The number of nitrogens with one attached hydrogen (secondary N) is 1. The first-order valence-corrected chi connectivity index (χ1v) is 6.75. The van der Waals surface area contributed by atoms with Crippen molar-refractivity contribution in [3.05, 3.63) is 52.8 Å². The maximum Gasteiger partial charge on any atom is 0.122 e. The molecular formula is C16H21N3O. The molecule has 0 aliphatic heterocycles. The van der Waals surface area contributed by atoms with E-state index in [0.29, 0.717) is 0 Å². The summed E-state index contributed by atoms with van der Waals surface area (Å²) in [5, 5.41) is 11.7. The van der Waals surface area contributed by atoms with Crippen LogP contribution in [0.1, 0.15) is 28.6 Å². The van der Waals surface area contributed by atoms with Crippen molar-refractivity contribution in [1.82, 2.24) is 15.5 Å². The van der Waals surface area contributed by atoms with Gasteiger partial charge >= 0.3 is 0 Å². The fourth-order valence-electron chi connectivity index (χ4n) is 2.38. The number of hydrogen-bond acceptors (Lipinski definition) is 4. The molecule has 1 aromatic heterocycles. The fraction of sp³-hybridized carbons (Fsp3) is 0.375. The van der Waals surface area contributed by atoms with Crippen molar-refractivity contribution in [3.63, 3.8) is 0 Å². The van der Waals surface area contributed by atoms with Gasteiger partial charge < -0.3 is 10.1 Å². The molecule has 1 unspecified atom stereocenters. The van der Waals surface area contributed by atoms with Gasteiger partial charge in [0.05, 0.1) is 18.5 Å².